The summed E-state index contributed by atoms with van der Waals surface area (Å²) in [6, 6.07) is 7.19. The van der Waals surface area contributed by atoms with E-state index in [0.717, 1.165) is 0 Å². The van der Waals surface area contributed by atoms with Crippen molar-refractivity contribution in [2.24, 2.45) is 0 Å². The van der Waals surface area contributed by atoms with Crippen molar-refractivity contribution in [3.63, 3.8) is 0 Å². The Morgan fingerprint density at radius 3 is 2.15 bits per heavy atom. The number of hydrogen-bond donors (Lipinski definition) is 1. The van der Waals surface area contributed by atoms with E-state index in [9.17, 15) is 4.79 Å². The van der Waals surface area contributed by atoms with Gasteiger partial charge < -0.3 is 5.11 Å². The average molecular weight is 199 g/mol. The monoisotopic (exact) mass is 198 g/mol. The summed E-state index contributed by atoms with van der Waals surface area (Å²) in [5.74, 6) is -0.148. The predicted octanol–water partition coefficient (Wildman–Crippen LogP) is 2.68. The normalized spacial score (nSPS) is 14.8. The molecule has 0 unspecified atom stereocenters. The average Bonchev–Trinajstić information content (AvgIpc) is 2.87. The van der Waals surface area contributed by atoms with Gasteiger partial charge in [-0.3, -0.25) is 0 Å². The third kappa shape index (κ3) is 2.22. The molecule has 0 aromatic heterocycles. The van der Waals surface area contributed by atoms with Crippen molar-refractivity contribution in [3.05, 3.63) is 35.4 Å². The summed E-state index contributed by atoms with van der Waals surface area (Å²) in [6.07, 6.45) is 2.51. The SMILES string of the molecule is Cl.O=C(O)c1ccc(C2CC2)cc1. The van der Waals surface area contributed by atoms with E-state index in [-0.39, 0.29) is 12.4 Å². The Balaban J connectivity index is 0.000000845. The molecular weight excluding hydrogens is 188 g/mol. The number of benzene rings is 1. The van der Waals surface area contributed by atoms with Gasteiger partial charge in [-0.25, -0.2) is 4.79 Å². The Morgan fingerprint density at radius 1 is 1.23 bits per heavy atom. The second-order valence-corrected chi connectivity index (χ2v) is 3.20. The maximum absolute atomic E-state index is 10.5. The molecule has 1 aliphatic carbocycles. The first-order chi connectivity index (χ1) is 5.77. The summed E-state index contributed by atoms with van der Waals surface area (Å²) in [5.41, 5.74) is 1.65. The molecule has 0 saturated heterocycles. The van der Waals surface area contributed by atoms with E-state index in [1.54, 1.807) is 12.1 Å². The molecule has 13 heavy (non-hydrogen) atoms. The fourth-order valence-corrected chi connectivity index (χ4v) is 1.31. The molecule has 3 heteroatoms. The minimum absolute atomic E-state index is 0. The largest absolute Gasteiger partial charge is 0.478 e. The Kier molecular flexibility index (Phi) is 2.94. The maximum atomic E-state index is 10.5. The van der Waals surface area contributed by atoms with Crippen molar-refractivity contribution >= 4 is 18.4 Å². The standard InChI is InChI=1S/C10H10O2.ClH/c11-10(12)9-5-3-8(4-6-9)7-1-2-7;/h3-7H,1-2H2,(H,11,12);1H. The first-order valence-corrected chi connectivity index (χ1v) is 4.10. The topological polar surface area (TPSA) is 37.3 Å². The molecule has 2 nitrogen and oxygen atoms in total. The lowest BCUT2D eigenvalue weighted by Crippen LogP contribution is -1.95. The molecule has 0 amide bonds. The van der Waals surface area contributed by atoms with E-state index in [4.69, 9.17) is 5.11 Å². The molecule has 1 saturated carbocycles. The van der Waals surface area contributed by atoms with Gasteiger partial charge in [0.05, 0.1) is 5.56 Å². The Labute approximate surface area is 83.0 Å². The second-order valence-electron chi connectivity index (χ2n) is 3.20. The number of carboxylic acid groups (broad SMARTS) is 1. The van der Waals surface area contributed by atoms with E-state index in [1.807, 2.05) is 12.1 Å². The van der Waals surface area contributed by atoms with Gasteiger partial charge in [0.15, 0.2) is 0 Å². The first-order valence-electron chi connectivity index (χ1n) is 4.10. The van der Waals surface area contributed by atoms with Crippen LogP contribution in [0.2, 0.25) is 0 Å². The quantitative estimate of drug-likeness (QED) is 0.794. The van der Waals surface area contributed by atoms with E-state index in [2.05, 4.69) is 0 Å². The highest BCUT2D eigenvalue weighted by Crippen LogP contribution is 2.39. The lowest BCUT2D eigenvalue weighted by atomic mass is 10.1. The summed E-state index contributed by atoms with van der Waals surface area (Å²) >= 11 is 0. The number of aromatic carboxylic acids is 1. The van der Waals surface area contributed by atoms with E-state index in [1.165, 1.54) is 18.4 Å². The van der Waals surface area contributed by atoms with Gasteiger partial charge in [0, 0.05) is 0 Å². The van der Waals surface area contributed by atoms with Gasteiger partial charge in [0.2, 0.25) is 0 Å². The third-order valence-electron chi connectivity index (χ3n) is 2.21. The smallest absolute Gasteiger partial charge is 0.335 e. The summed E-state index contributed by atoms with van der Waals surface area (Å²) in [4.78, 5) is 10.5. The van der Waals surface area contributed by atoms with Gasteiger partial charge in [0.25, 0.3) is 0 Å². The minimum atomic E-state index is -0.850. The highest BCUT2D eigenvalue weighted by atomic mass is 35.5. The number of rotatable bonds is 2. The van der Waals surface area contributed by atoms with Crippen molar-refractivity contribution in [3.8, 4) is 0 Å². The van der Waals surface area contributed by atoms with Crippen LogP contribution >= 0.6 is 12.4 Å². The molecule has 0 radical (unpaired) electrons. The van der Waals surface area contributed by atoms with Crippen LogP contribution in [0, 0.1) is 0 Å². The van der Waals surface area contributed by atoms with Crippen LogP contribution in [0.25, 0.3) is 0 Å². The van der Waals surface area contributed by atoms with Gasteiger partial charge in [-0.15, -0.1) is 12.4 Å². The number of carboxylic acids is 1. The molecule has 70 valence electrons. The number of halogens is 1. The highest BCUT2D eigenvalue weighted by molar-refractivity contribution is 5.87. The molecule has 1 aliphatic rings. The van der Waals surface area contributed by atoms with Crippen LogP contribution < -0.4 is 0 Å². The molecule has 1 aromatic rings. The second kappa shape index (κ2) is 3.79. The van der Waals surface area contributed by atoms with Crippen molar-refractivity contribution in [2.75, 3.05) is 0 Å². The summed E-state index contributed by atoms with van der Waals surface area (Å²) in [7, 11) is 0. The van der Waals surface area contributed by atoms with Crippen LogP contribution in [0.1, 0.15) is 34.7 Å². The predicted molar refractivity (Wildman–Crippen MR) is 52.6 cm³/mol. The molecule has 1 fully saturated rings. The van der Waals surface area contributed by atoms with Crippen LogP contribution in [-0.4, -0.2) is 11.1 Å². The van der Waals surface area contributed by atoms with Crippen LogP contribution in [0.5, 0.6) is 0 Å². The fraction of sp³-hybridized carbons (Fsp3) is 0.300. The van der Waals surface area contributed by atoms with Crippen LogP contribution in [0.4, 0.5) is 0 Å². The van der Waals surface area contributed by atoms with Crippen molar-refractivity contribution < 1.29 is 9.90 Å². The first kappa shape index (κ1) is 10.1. The highest BCUT2D eigenvalue weighted by Gasteiger charge is 2.23. The van der Waals surface area contributed by atoms with Gasteiger partial charge in [-0.05, 0) is 36.5 Å². The van der Waals surface area contributed by atoms with Crippen molar-refractivity contribution in [1.29, 1.82) is 0 Å². The molecule has 1 aromatic carbocycles. The zero-order chi connectivity index (χ0) is 8.55. The third-order valence-corrected chi connectivity index (χ3v) is 2.21. The number of carbonyl (C=O) groups is 1. The van der Waals surface area contributed by atoms with E-state index >= 15 is 0 Å². The van der Waals surface area contributed by atoms with Crippen LogP contribution in [-0.2, 0) is 0 Å². The van der Waals surface area contributed by atoms with Gasteiger partial charge in [-0.2, -0.15) is 0 Å². The van der Waals surface area contributed by atoms with Crippen molar-refractivity contribution in [2.45, 2.75) is 18.8 Å². The van der Waals surface area contributed by atoms with Crippen LogP contribution in [0.3, 0.4) is 0 Å². The summed E-state index contributed by atoms with van der Waals surface area (Å²) in [6.45, 7) is 0. The molecule has 0 atom stereocenters. The molecule has 0 heterocycles. The van der Waals surface area contributed by atoms with E-state index in [0.29, 0.717) is 11.5 Å². The van der Waals surface area contributed by atoms with Gasteiger partial charge >= 0.3 is 5.97 Å². The molecular formula is C10H11ClO2. The lowest BCUT2D eigenvalue weighted by molar-refractivity contribution is 0.0697. The Bertz CT molecular complexity index is 301. The molecule has 2 rings (SSSR count). The number of hydrogen-bond acceptors (Lipinski definition) is 1. The Morgan fingerprint density at radius 2 is 1.77 bits per heavy atom. The fourth-order valence-electron chi connectivity index (χ4n) is 1.31. The lowest BCUT2D eigenvalue weighted by Gasteiger charge is -1.97. The molecule has 1 N–H and O–H groups in total. The zero-order valence-electron chi connectivity index (χ0n) is 7.06. The van der Waals surface area contributed by atoms with E-state index < -0.39 is 5.97 Å². The molecule has 0 bridgehead atoms. The van der Waals surface area contributed by atoms with Gasteiger partial charge in [-0.1, -0.05) is 12.1 Å². The van der Waals surface area contributed by atoms with Crippen LogP contribution in [0.15, 0.2) is 24.3 Å². The molecule has 0 spiro atoms. The Hall–Kier alpha value is -1.02. The van der Waals surface area contributed by atoms with Gasteiger partial charge in [0.1, 0.15) is 0 Å². The summed E-state index contributed by atoms with van der Waals surface area (Å²) < 4.78 is 0. The maximum Gasteiger partial charge on any atom is 0.335 e. The van der Waals surface area contributed by atoms with Crippen molar-refractivity contribution in [1.82, 2.24) is 0 Å². The zero-order valence-corrected chi connectivity index (χ0v) is 7.88. The minimum Gasteiger partial charge on any atom is -0.478 e. The summed E-state index contributed by atoms with van der Waals surface area (Å²) in [5, 5.41) is 8.63. The molecule has 0 aliphatic heterocycles.